The summed E-state index contributed by atoms with van der Waals surface area (Å²) in [5.41, 5.74) is 4.99. The van der Waals surface area contributed by atoms with Crippen molar-refractivity contribution in [3.8, 4) is 0 Å². The van der Waals surface area contributed by atoms with Crippen molar-refractivity contribution in [1.82, 2.24) is 0 Å². The third kappa shape index (κ3) is 2.37. The van der Waals surface area contributed by atoms with Crippen LogP contribution in [0.1, 0.15) is 18.4 Å². The van der Waals surface area contributed by atoms with Crippen LogP contribution in [0.3, 0.4) is 0 Å². The third-order valence-corrected chi connectivity index (χ3v) is 4.84. The molecule has 0 spiro atoms. The first-order chi connectivity index (χ1) is 8.04. The molecule has 2 rings (SSSR count). The van der Waals surface area contributed by atoms with Gasteiger partial charge in [0.05, 0.1) is 11.4 Å². The number of rotatable bonds is 2. The molecule has 94 valence electrons. The van der Waals surface area contributed by atoms with Crippen LogP contribution in [0.2, 0.25) is 0 Å². The van der Waals surface area contributed by atoms with Crippen LogP contribution < -0.4 is 15.6 Å². The van der Waals surface area contributed by atoms with E-state index in [9.17, 15) is 8.42 Å². The van der Waals surface area contributed by atoms with Gasteiger partial charge in [0.2, 0.25) is 10.0 Å². The molecule has 5 nitrogen and oxygen atoms in total. The summed E-state index contributed by atoms with van der Waals surface area (Å²) in [4.78, 5) is 0. The van der Waals surface area contributed by atoms with Crippen molar-refractivity contribution in [1.29, 1.82) is 0 Å². The quantitative estimate of drug-likeness (QED) is 0.615. The zero-order chi connectivity index (χ0) is 12.5. The van der Waals surface area contributed by atoms with E-state index >= 15 is 0 Å². The Labute approximate surface area is 102 Å². The Morgan fingerprint density at radius 3 is 2.71 bits per heavy atom. The third-order valence-electron chi connectivity index (χ3n) is 2.98. The fourth-order valence-corrected chi connectivity index (χ4v) is 3.79. The van der Waals surface area contributed by atoms with E-state index in [1.165, 1.54) is 4.31 Å². The average molecular weight is 255 g/mol. The van der Waals surface area contributed by atoms with E-state index in [1.807, 2.05) is 13.0 Å². The number of aryl methyl sites for hydroxylation is 1. The van der Waals surface area contributed by atoms with Crippen molar-refractivity contribution in [3.05, 3.63) is 23.8 Å². The second kappa shape index (κ2) is 4.54. The van der Waals surface area contributed by atoms with Gasteiger partial charge in [-0.25, -0.2) is 8.42 Å². The van der Waals surface area contributed by atoms with Crippen LogP contribution >= 0.6 is 0 Å². The summed E-state index contributed by atoms with van der Waals surface area (Å²) in [6.45, 7) is 2.46. The largest absolute Gasteiger partial charge is 0.324 e. The van der Waals surface area contributed by atoms with Gasteiger partial charge in [-0.2, -0.15) is 0 Å². The maximum Gasteiger partial charge on any atom is 0.235 e. The van der Waals surface area contributed by atoms with Crippen molar-refractivity contribution in [2.75, 3.05) is 22.0 Å². The fraction of sp³-hybridized carbons (Fsp3) is 0.455. The molecule has 0 aliphatic carbocycles. The molecule has 0 radical (unpaired) electrons. The topological polar surface area (TPSA) is 75.4 Å². The van der Waals surface area contributed by atoms with Crippen LogP contribution in [-0.4, -0.2) is 20.7 Å². The van der Waals surface area contributed by atoms with E-state index < -0.39 is 10.0 Å². The van der Waals surface area contributed by atoms with E-state index in [-0.39, 0.29) is 5.75 Å². The van der Waals surface area contributed by atoms with Crippen molar-refractivity contribution in [2.24, 2.45) is 5.84 Å². The minimum atomic E-state index is -3.14. The Balaban J connectivity index is 2.39. The highest BCUT2D eigenvalue weighted by atomic mass is 32.2. The van der Waals surface area contributed by atoms with Crippen molar-refractivity contribution in [3.63, 3.8) is 0 Å². The maximum absolute atomic E-state index is 12.0. The van der Waals surface area contributed by atoms with Crippen LogP contribution in [-0.2, 0) is 10.0 Å². The second-order valence-electron chi connectivity index (χ2n) is 4.24. The van der Waals surface area contributed by atoms with E-state index in [0.29, 0.717) is 6.54 Å². The predicted molar refractivity (Wildman–Crippen MR) is 69.4 cm³/mol. The molecule has 1 saturated heterocycles. The van der Waals surface area contributed by atoms with Gasteiger partial charge in [0.15, 0.2) is 0 Å². The molecule has 1 aromatic rings. The molecule has 1 aliphatic rings. The first-order valence-corrected chi connectivity index (χ1v) is 7.23. The molecule has 0 atom stereocenters. The molecule has 1 aromatic carbocycles. The Bertz CT molecular complexity index is 513. The molecule has 0 bridgehead atoms. The highest BCUT2D eigenvalue weighted by molar-refractivity contribution is 7.92. The lowest BCUT2D eigenvalue weighted by atomic mass is 10.1. The number of nitrogens with two attached hydrogens (primary N) is 1. The van der Waals surface area contributed by atoms with Crippen LogP contribution in [0.5, 0.6) is 0 Å². The Morgan fingerprint density at radius 1 is 1.35 bits per heavy atom. The van der Waals surface area contributed by atoms with Gasteiger partial charge in [0.1, 0.15) is 0 Å². The average Bonchev–Trinajstić information content (AvgIpc) is 2.29. The van der Waals surface area contributed by atoms with Crippen LogP contribution in [0.25, 0.3) is 0 Å². The number of anilines is 2. The number of hydrogen-bond donors (Lipinski definition) is 2. The standard InChI is InChI=1S/C11H17N3O2S/c1-9-8-10(13-12)4-5-11(9)14-6-2-3-7-17(14,15)16/h4-5,8,13H,2-3,6-7,12H2,1H3. The van der Waals surface area contributed by atoms with Crippen LogP contribution in [0.15, 0.2) is 18.2 Å². The van der Waals surface area contributed by atoms with Gasteiger partial charge in [-0.1, -0.05) is 0 Å². The number of nitrogen functional groups attached to an aromatic ring is 1. The van der Waals surface area contributed by atoms with E-state index in [1.54, 1.807) is 12.1 Å². The number of hydrogen-bond acceptors (Lipinski definition) is 4. The normalized spacial score (nSPS) is 19.1. The van der Waals surface area contributed by atoms with Gasteiger partial charge < -0.3 is 5.43 Å². The summed E-state index contributed by atoms with van der Waals surface area (Å²) in [6.07, 6.45) is 1.66. The fourth-order valence-electron chi connectivity index (χ4n) is 2.08. The van der Waals surface area contributed by atoms with Crippen LogP contribution in [0.4, 0.5) is 11.4 Å². The zero-order valence-electron chi connectivity index (χ0n) is 9.81. The summed E-state index contributed by atoms with van der Waals surface area (Å²) < 4.78 is 25.5. The molecule has 1 heterocycles. The molecular formula is C11H17N3O2S. The second-order valence-corrected chi connectivity index (χ2v) is 6.25. The van der Waals surface area contributed by atoms with Gasteiger partial charge in [-0.05, 0) is 43.5 Å². The number of nitrogens with zero attached hydrogens (tertiary/aromatic N) is 1. The maximum atomic E-state index is 12.0. The first-order valence-electron chi connectivity index (χ1n) is 5.62. The molecule has 0 saturated carbocycles. The van der Waals surface area contributed by atoms with E-state index in [4.69, 9.17) is 5.84 Å². The minimum Gasteiger partial charge on any atom is -0.324 e. The van der Waals surface area contributed by atoms with Gasteiger partial charge in [-0.3, -0.25) is 10.1 Å². The van der Waals surface area contributed by atoms with Gasteiger partial charge in [-0.15, -0.1) is 0 Å². The van der Waals surface area contributed by atoms with Crippen molar-refractivity contribution >= 4 is 21.4 Å². The van der Waals surface area contributed by atoms with Crippen LogP contribution in [0, 0.1) is 6.92 Å². The lowest BCUT2D eigenvalue weighted by Crippen LogP contribution is -2.38. The minimum absolute atomic E-state index is 0.239. The smallest absolute Gasteiger partial charge is 0.235 e. The molecule has 0 aromatic heterocycles. The molecule has 3 N–H and O–H groups in total. The predicted octanol–water partition coefficient (Wildman–Crippen LogP) is 1.21. The Kier molecular flexibility index (Phi) is 3.26. The summed E-state index contributed by atoms with van der Waals surface area (Å²) in [5.74, 6) is 5.56. The Hall–Kier alpha value is -1.27. The Morgan fingerprint density at radius 2 is 2.12 bits per heavy atom. The van der Waals surface area contributed by atoms with Crippen molar-refractivity contribution < 1.29 is 8.42 Å². The lowest BCUT2D eigenvalue weighted by Gasteiger charge is -2.29. The van der Waals surface area contributed by atoms with Gasteiger partial charge in [0, 0.05) is 12.2 Å². The highest BCUT2D eigenvalue weighted by Crippen LogP contribution is 2.28. The number of hydrazine groups is 1. The monoisotopic (exact) mass is 255 g/mol. The van der Waals surface area contributed by atoms with Gasteiger partial charge >= 0.3 is 0 Å². The highest BCUT2D eigenvalue weighted by Gasteiger charge is 2.26. The van der Waals surface area contributed by atoms with E-state index in [2.05, 4.69) is 5.43 Å². The number of nitrogens with one attached hydrogen (secondary N) is 1. The molecule has 1 aliphatic heterocycles. The molecule has 0 unspecified atom stereocenters. The van der Waals surface area contributed by atoms with Crippen molar-refractivity contribution in [2.45, 2.75) is 19.8 Å². The molecule has 6 heteroatoms. The first kappa shape index (κ1) is 12.2. The summed E-state index contributed by atoms with van der Waals surface area (Å²) in [7, 11) is -3.14. The SMILES string of the molecule is Cc1cc(NN)ccc1N1CCCCS1(=O)=O. The molecule has 1 fully saturated rings. The lowest BCUT2D eigenvalue weighted by molar-refractivity contribution is 0.574. The van der Waals surface area contributed by atoms with Gasteiger partial charge in [0.25, 0.3) is 0 Å². The van der Waals surface area contributed by atoms with E-state index in [0.717, 1.165) is 29.8 Å². The number of sulfonamides is 1. The molecular weight excluding hydrogens is 238 g/mol. The molecule has 0 amide bonds. The summed E-state index contributed by atoms with van der Waals surface area (Å²) in [5, 5.41) is 0. The summed E-state index contributed by atoms with van der Waals surface area (Å²) >= 11 is 0. The molecule has 17 heavy (non-hydrogen) atoms. The zero-order valence-corrected chi connectivity index (χ0v) is 10.6. The number of benzene rings is 1. The summed E-state index contributed by atoms with van der Waals surface area (Å²) in [6, 6.07) is 5.43.